The second-order valence-corrected chi connectivity index (χ2v) is 8.45. The second kappa shape index (κ2) is 7.37. The number of ether oxygens (including phenoxy) is 1. The highest BCUT2D eigenvalue weighted by molar-refractivity contribution is 7.93. The summed E-state index contributed by atoms with van der Waals surface area (Å²) < 4.78 is 30.9. The van der Waals surface area contributed by atoms with Crippen molar-refractivity contribution < 1.29 is 17.9 Å². The molecule has 1 aliphatic rings. The summed E-state index contributed by atoms with van der Waals surface area (Å²) in [6.07, 6.45) is 0.713. The molecule has 26 heavy (non-hydrogen) atoms. The van der Waals surface area contributed by atoms with Crippen LogP contribution in [0.15, 0.2) is 48.5 Å². The molecule has 2 aromatic rings. The van der Waals surface area contributed by atoms with Gasteiger partial charge in [0.2, 0.25) is 10.0 Å². The summed E-state index contributed by atoms with van der Waals surface area (Å²) in [6, 6.07) is 13.8. The van der Waals surface area contributed by atoms with Gasteiger partial charge in [-0.25, -0.2) is 8.42 Å². The van der Waals surface area contributed by atoms with E-state index < -0.39 is 10.0 Å². The first-order valence-electron chi connectivity index (χ1n) is 8.54. The van der Waals surface area contributed by atoms with Crippen molar-refractivity contribution in [2.24, 2.45) is 0 Å². The highest BCUT2D eigenvalue weighted by Crippen LogP contribution is 2.25. The third kappa shape index (κ3) is 4.16. The van der Waals surface area contributed by atoms with Gasteiger partial charge in [-0.15, -0.1) is 0 Å². The minimum absolute atomic E-state index is 0.0765. The quantitative estimate of drug-likeness (QED) is 0.871. The van der Waals surface area contributed by atoms with E-state index in [0.717, 1.165) is 0 Å². The Bertz CT molecular complexity index is 875. The molecule has 0 saturated carbocycles. The number of rotatable bonds is 5. The average Bonchev–Trinajstić information content (AvgIpc) is 2.95. The van der Waals surface area contributed by atoms with Crippen molar-refractivity contribution in [3.63, 3.8) is 0 Å². The Balaban J connectivity index is 1.66. The van der Waals surface area contributed by atoms with Crippen LogP contribution in [0.3, 0.4) is 0 Å². The molecule has 3 rings (SSSR count). The van der Waals surface area contributed by atoms with Crippen molar-refractivity contribution in [1.29, 1.82) is 0 Å². The normalized spacial score (nSPS) is 15.9. The lowest BCUT2D eigenvalue weighted by molar-refractivity contribution is 0.102. The summed E-state index contributed by atoms with van der Waals surface area (Å²) in [6.45, 7) is 4.38. The molecule has 1 saturated heterocycles. The summed E-state index contributed by atoms with van der Waals surface area (Å²) in [7, 11) is -3.20. The molecule has 6 nitrogen and oxygen atoms in total. The average molecular weight is 374 g/mol. The van der Waals surface area contributed by atoms with Gasteiger partial charge in [-0.1, -0.05) is 0 Å². The zero-order chi connectivity index (χ0) is 18.7. The fourth-order valence-corrected chi connectivity index (χ4v) is 4.37. The van der Waals surface area contributed by atoms with Crippen molar-refractivity contribution in [3.05, 3.63) is 54.1 Å². The Morgan fingerprint density at radius 3 is 2.27 bits per heavy atom. The number of sulfonamides is 1. The van der Waals surface area contributed by atoms with Crippen LogP contribution in [0, 0.1) is 0 Å². The number of nitrogens with zero attached hydrogens (tertiary/aromatic N) is 1. The number of benzene rings is 2. The molecule has 0 spiro atoms. The fourth-order valence-electron chi connectivity index (χ4n) is 2.80. The van der Waals surface area contributed by atoms with Crippen LogP contribution < -0.4 is 14.4 Å². The number of carbonyl (C=O) groups excluding carboxylic acids is 1. The van der Waals surface area contributed by atoms with Crippen molar-refractivity contribution in [1.82, 2.24) is 0 Å². The van der Waals surface area contributed by atoms with E-state index in [1.807, 2.05) is 13.8 Å². The Labute approximate surface area is 153 Å². The molecule has 0 atom stereocenters. The molecule has 1 heterocycles. The molecule has 0 unspecified atom stereocenters. The van der Waals surface area contributed by atoms with Crippen LogP contribution in [0.1, 0.15) is 30.6 Å². The third-order valence-electron chi connectivity index (χ3n) is 4.00. The molecule has 0 aromatic heterocycles. The maximum Gasteiger partial charge on any atom is 0.255 e. The second-order valence-electron chi connectivity index (χ2n) is 6.43. The summed E-state index contributed by atoms with van der Waals surface area (Å²) in [5, 5.41) is 2.81. The monoisotopic (exact) mass is 374 g/mol. The standard InChI is InChI=1S/C19H22N2O4S/c1-14(2)25-18-10-4-15(5-11-18)19(22)20-16-6-8-17(9-7-16)21-12-3-13-26(21,23)24/h4-11,14H,3,12-13H2,1-2H3,(H,20,22). The van der Waals surface area contributed by atoms with Crippen molar-refractivity contribution in [2.75, 3.05) is 21.9 Å². The van der Waals surface area contributed by atoms with Gasteiger partial charge in [0.05, 0.1) is 17.5 Å². The van der Waals surface area contributed by atoms with E-state index in [1.165, 1.54) is 4.31 Å². The molecule has 138 valence electrons. The number of amides is 1. The number of anilines is 2. The molecular weight excluding hydrogens is 352 g/mol. The molecule has 1 amide bonds. The van der Waals surface area contributed by atoms with Crippen molar-refractivity contribution in [2.45, 2.75) is 26.4 Å². The Hall–Kier alpha value is -2.54. The number of hydrogen-bond acceptors (Lipinski definition) is 4. The minimum atomic E-state index is -3.20. The molecule has 2 aromatic carbocycles. The maximum atomic E-state index is 12.3. The van der Waals surface area contributed by atoms with E-state index in [9.17, 15) is 13.2 Å². The third-order valence-corrected chi connectivity index (χ3v) is 5.87. The zero-order valence-corrected chi connectivity index (χ0v) is 15.6. The first-order chi connectivity index (χ1) is 12.3. The predicted octanol–water partition coefficient (Wildman–Crippen LogP) is 3.27. The Morgan fingerprint density at radius 2 is 1.73 bits per heavy atom. The fraction of sp³-hybridized carbons (Fsp3) is 0.316. The van der Waals surface area contributed by atoms with Gasteiger partial charge >= 0.3 is 0 Å². The molecular formula is C19H22N2O4S. The minimum Gasteiger partial charge on any atom is -0.491 e. The van der Waals surface area contributed by atoms with Gasteiger partial charge in [0.15, 0.2) is 0 Å². The molecule has 0 aliphatic carbocycles. The number of hydrogen-bond donors (Lipinski definition) is 1. The summed E-state index contributed by atoms with van der Waals surface area (Å²) in [4.78, 5) is 12.3. The van der Waals surface area contributed by atoms with E-state index in [-0.39, 0.29) is 17.8 Å². The van der Waals surface area contributed by atoms with Gasteiger partial charge in [-0.3, -0.25) is 9.10 Å². The summed E-state index contributed by atoms with van der Waals surface area (Å²) in [5.41, 5.74) is 1.75. The van der Waals surface area contributed by atoms with Crippen LogP contribution in [0.5, 0.6) is 5.75 Å². The molecule has 7 heteroatoms. The van der Waals surface area contributed by atoms with Gasteiger partial charge in [-0.05, 0) is 68.8 Å². The van der Waals surface area contributed by atoms with Gasteiger partial charge < -0.3 is 10.1 Å². The predicted molar refractivity (Wildman–Crippen MR) is 102 cm³/mol. The van der Waals surface area contributed by atoms with E-state index in [1.54, 1.807) is 48.5 Å². The van der Waals surface area contributed by atoms with Gasteiger partial charge in [0.1, 0.15) is 5.75 Å². The topological polar surface area (TPSA) is 75.7 Å². The maximum absolute atomic E-state index is 12.3. The van der Waals surface area contributed by atoms with Crippen molar-refractivity contribution >= 4 is 27.3 Å². The number of carbonyl (C=O) groups is 1. The lowest BCUT2D eigenvalue weighted by atomic mass is 10.2. The van der Waals surface area contributed by atoms with Gasteiger partial charge in [0.25, 0.3) is 5.91 Å². The van der Waals surface area contributed by atoms with E-state index in [2.05, 4.69) is 5.32 Å². The summed E-state index contributed by atoms with van der Waals surface area (Å²) in [5.74, 6) is 0.664. The molecule has 1 aliphatic heterocycles. The van der Waals surface area contributed by atoms with E-state index >= 15 is 0 Å². The molecule has 0 radical (unpaired) electrons. The van der Waals surface area contributed by atoms with Gasteiger partial charge in [0, 0.05) is 17.8 Å². The first kappa shape index (κ1) is 18.3. The van der Waals surface area contributed by atoms with Crippen LogP contribution in [-0.4, -0.2) is 32.7 Å². The smallest absolute Gasteiger partial charge is 0.255 e. The van der Waals surface area contributed by atoms with Crippen LogP contribution in [0.25, 0.3) is 0 Å². The van der Waals surface area contributed by atoms with Crippen molar-refractivity contribution in [3.8, 4) is 5.75 Å². The molecule has 0 bridgehead atoms. The van der Waals surface area contributed by atoms with Crippen LogP contribution in [0.4, 0.5) is 11.4 Å². The highest BCUT2D eigenvalue weighted by Gasteiger charge is 2.28. The van der Waals surface area contributed by atoms with Crippen LogP contribution in [-0.2, 0) is 10.0 Å². The Morgan fingerprint density at radius 1 is 1.08 bits per heavy atom. The Kier molecular flexibility index (Phi) is 5.18. The molecule has 1 N–H and O–H groups in total. The van der Waals surface area contributed by atoms with E-state index in [0.29, 0.717) is 35.7 Å². The summed E-state index contributed by atoms with van der Waals surface area (Å²) >= 11 is 0. The van der Waals surface area contributed by atoms with Crippen LogP contribution >= 0.6 is 0 Å². The lowest BCUT2D eigenvalue weighted by Crippen LogP contribution is -2.24. The largest absolute Gasteiger partial charge is 0.491 e. The molecule has 1 fully saturated rings. The van der Waals surface area contributed by atoms with Crippen LogP contribution in [0.2, 0.25) is 0 Å². The lowest BCUT2D eigenvalue weighted by Gasteiger charge is -2.17. The zero-order valence-electron chi connectivity index (χ0n) is 14.8. The number of nitrogens with one attached hydrogen (secondary N) is 1. The van der Waals surface area contributed by atoms with E-state index in [4.69, 9.17) is 4.74 Å². The SMILES string of the molecule is CC(C)Oc1ccc(C(=O)Nc2ccc(N3CCCS3(=O)=O)cc2)cc1. The van der Waals surface area contributed by atoms with Gasteiger partial charge in [-0.2, -0.15) is 0 Å². The first-order valence-corrected chi connectivity index (χ1v) is 10.1. The highest BCUT2D eigenvalue weighted by atomic mass is 32.2.